The lowest BCUT2D eigenvalue weighted by Gasteiger charge is -2.12. The summed E-state index contributed by atoms with van der Waals surface area (Å²) >= 11 is 1.81. The third-order valence-corrected chi connectivity index (χ3v) is 3.41. The van der Waals surface area contributed by atoms with Gasteiger partial charge in [0.25, 0.3) is 0 Å². The predicted molar refractivity (Wildman–Crippen MR) is 69.6 cm³/mol. The van der Waals surface area contributed by atoms with Crippen LogP contribution >= 0.6 is 11.8 Å². The minimum atomic E-state index is -0.305. The summed E-state index contributed by atoms with van der Waals surface area (Å²) in [5, 5.41) is 11.9. The molecule has 1 aromatic heterocycles. The van der Waals surface area contributed by atoms with Gasteiger partial charge < -0.3 is 10.4 Å². The Labute approximate surface area is 106 Å². The quantitative estimate of drug-likeness (QED) is 0.700. The molecule has 1 rings (SSSR count). The number of aliphatic hydroxyl groups excluding tert-OH is 1. The molecule has 0 saturated heterocycles. The number of nitrogens with zero attached hydrogens (tertiary/aromatic N) is 1. The first-order chi connectivity index (χ1) is 8.24. The Balaban J connectivity index is 2.16. The second-order valence-electron chi connectivity index (χ2n) is 3.77. The Morgan fingerprint density at radius 2 is 2.29 bits per heavy atom. The minimum Gasteiger partial charge on any atom is -0.396 e. The van der Waals surface area contributed by atoms with E-state index in [9.17, 15) is 4.39 Å². The number of pyridine rings is 1. The molecule has 96 valence electrons. The van der Waals surface area contributed by atoms with Crippen molar-refractivity contribution in [2.24, 2.45) is 0 Å². The van der Waals surface area contributed by atoms with Gasteiger partial charge in [-0.05, 0) is 31.2 Å². The summed E-state index contributed by atoms with van der Waals surface area (Å²) in [5.74, 6) is 1.69. The molecule has 0 bridgehead atoms. The molecule has 0 aromatic carbocycles. The van der Waals surface area contributed by atoms with E-state index in [1.165, 1.54) is 12.3 Å². The summed E-state index contributed by atoms with van der Waals surface area (Å²) in [6.45, 7) is 3.16. The highest BCUT2D eigenvalue weighted by Crippen LogP contribution is 2.09. The number of halogens is 1. The van der Waals surface area contributed by atoms with E-state index in [0.717, 1.165) is 30.2 Å². The van der Waals surface area contributed by atoms with Crippen molar-refractivity contribution in [3.8, 4) is 0 Å². The molecule has 1 aromatic rings. The van der Waals surface area contributed by atoms with Crippen molar-refractivity contribution in [3.63, 3.8) is 0 Å². The Kier molecular flexibility index (Phi) is 7.16. The molecule has 1 heterocycles. The molecule has 5 heteroatoms. The lowest BCUT2D eigenvalue weighted by atomic mass is 10.2. The smallest absolute Gasteiger partial charge is 0.141 e. The van der Waals surface area contributed by atoms with Crippen molar-refractivity contribution >= 4 is 11.8 Å². The van der Waals surface area contributed by atoms with Crippen LogP contribution in [-0.4, -0.2) is 34.7 Å². The van der Waals surface area contributed by atoms with Gasteiger partial charge in [-0.3, -0.25) is 4.98 Å². The monoisotopic (exact) mass is 258 g/mol. The molecule has 3 nitrogen and oxygen atoms in total. The van der Waals surface area contributed by atoms with E-state index in [1.807, 2.05) is 18.7 Å². The van der Waals surface area contributed by atoms with Crippen LogP contribution in [0.3, 0.4) is 0 Å². The van der Waals surface area contributed by atoms with Crippen LogP contribution in [0, 0.1) is 5.82 Å². The summed E-state index contributed by atoms with van der Waals surface area (Å²) in [7, 11) is 0. The first-order valence-electron chi connectivity index (χ1n) is 5.77. The molecule has 0 aliphatic rings. The first kappa shape index (κ1) is 14.4. The van der Waals surface area contributed by atoms with Gasteiger partial charge in [-0.1, -0.05) is 0 Å². The van der Waals surface area contributed by atoms with Gasteiger partial charge in [0.2, 0.25) is 0 Å². The standard InChI is InChI=1S/C12H19FN2OS/c1-10(12-4-3-11(13)9-15-12)14-5-8-17-7-2-6-16/h3-4,9-10,14,16H,2,5-8H2,1H3. The first-order valence-corrected chi connectivity index (χ1v) is 6.93. The second-order valence-corrected chi connectivity index (χ2v) is 4.99. The van der Waals surface area contributed by atoms with Gasteiger partial charge in [0, 0.05) is 24.9 Å². The van der Waals surface area contributed by atoms with Crippen molar-refractivity contribution in [2.45, 2.75) is 19.4 Å². The van der Waals surface area contributed by atoms with Gasteiger partial charge in [0.1, 0.15) is 5.82 Å². The molecule has 0 spiro atoms. The molecule has 0 aliphatic heterocycles. The molecular weight excluding hydrogens is 239 g/mol. The summed E-state index contributed by atoms with van der Waals surface area (Å²) < 4.78 is 12.7. The van der Waals surface area contributed by atoms with Crippen molar-refractivity contribution < 1.29 is 9.50 Å². The van der Waals surface area contributed by atoms with E-state index < -0.39 is 0 Å². The third-order valence-electron chi connectivity index (χ3n) is 2.34. The Bertz CT molecular complexity index is 308. The number of rotatable bonds is 8. The van der Waals surface area contributed by atoms with Crippen LogP contribution < -0.4 is 5.32 Å². The highest BCUT2D eigenvalue weighted by Gasteiger charge is 2.05. The van der Waals surface area contributed by atoms with Gasteiger partial charge in [-0.2, -0.15) is 11.8 Å². The molecule has 0 aliphatic carbocycles. The van der Waals surface area contributed by atoms with Gasteiger partial charge >= 0.3 is 0 Å². The Morgan fingerprint density at radius 3 is 2.94 bits per heavy atom. The topological polar surface area (TPSA) is 45.1 Å². The maximum absolute atomic E-state index is 12.7. The second kappa shape index (κ2) is 8.44. The van der Waals surface area contributed by atoms with Crippen LogP contribution in [0.2, 0.25) is 0 Å². The number of hydrogen-bond acceptors (Lipinski definition) is 4. The average Bonchev–Trinajstić information content (AvgIpc) is 2.34. The lowest BCUT2D eigenvalue weighted by Crippen LogP contribution is -2.22. The zero-order valence-electron chi connectivity index (χ0n) is 10.0. The third kappa shape index (κ3) is 6.00. The highest BCUT2D eigenvalue weighted by atomic mass is 32.2. The largest absolute Gasteiger partial charge is 0.396 e. The maximum atomic E-state index is 12.7. The fourth-order valence-corrected chi connectivity index (χ4v) is 2.16. The normalized spacial score (nSPS) is 12.6. The molecule has 1 atom stereocenters. The van der Waals surface area contributed by atoms with E-state index in [2.05, 4.69) is 10.3 Å². The average molecular weight is 258 g/mol. The number of aromatic nitrogens is 1. The number of aliphatic hydroxyl groups is 1. The van der Waals surface area contributed by atoms with Crippen LogP contribution in [0.4, 0.5) is 4.39 Å². The van der Waals surface area contributed by atoms with E-state index in [0.29, 0.717) is 0 Å². The number of nitrogens with one attached hydrogen (secondary N) is 1. The summed E-state index contributed by atoms with van der Waals surface area (Å²) in [6.07, 6.45) is 2.09. The van der Waals surface area contributed by atoms with E-state index in [-0.39, 0.29) is 18.5 Å². The van der Waals surface area contributed by atoms with Crippen LogP contribution in [0.5, 0.6) is 0 Å². The van der Waals surface area contributed by atoms with Crippen molar-refractivity contribution in [2.75, 3.05) is 24.7 Å². The number of hydrogen-bond donors (Lipinski definition) is 2. The molecule has 2 N–H and O–H groups in total. The zero-order chi connectivity index (χ0) is 12.5. The molecule has 0 saturated carbocycles. The molecule has 0 amide bonds. The molecule has 17 heavy (non-hydrogen) atoms. The van der Waals surface area contributed by atoms with E-state index in [4.69, 9.17) is 5.11 Å². The molecule has 1 unspecified atom stereocenters. The van der Waals surface area contributed by atoms with Crippen LogP contribution in [-0.2, 0) is 0 Å². The molecular formula is C12H19FN2OS. The summed E-state index contributed by atoms with van der Waals surface area (Å²) in [6, 6.07) is 3.26. The fraction of sp³-hybridized carbons (Fsp3) is 0.583. The van der Waals surface area contributed by atoms with E-state index >= 15 is 0 Å². The van der Waals surface area contributed by atoms with Gasteiger partial charge in [0.05, 0.1) is 11.9 Å². The van der Waals surface area contributed by atoms with Gasteiger partial charge in [-0.25, -0.2) is 4.39 Å². The summed E-state index contributed by atoms with van der Waals surface area (Å²) in [5.41, 5.74) is 0.853. The van der Waals surface area contributed by atoms with E-state index in [1.54, 1.807) is 6.07 Å². The molecule has 0 fully saturated rings. The highest BCUT2D eigenvalue weighted by molar-refractivity contribution is 7.99. The van der Waals surface area contributed by atoms with Crippen LogP contribution in [0.25, 0.3) is 0 Å². The van der Waals surface area contributed by atoms with Crippen molar-refractivity contribution in [1.82, 2.24) is 10.3 Å². The van der Waals surface area contributed by atoms with Gasteiger partial charge in [0.15, 0.2) is 0 Å². The SMILES string of the molecule is CC(NCCSCCCO)c1ccc(F)cn1. The maximum Gasteiger partial charge on any atom is 0.141 e. The molecule has 0 radical (unpaired) electrons. The lowest BCUT2D eigenvalue weighted by molar-refractivity contribution is 0.296. The fourth-order valence-electron chi connectivity index (χ4n) is 1.36. The Hall–Kier alpha value is -0.650. The summed E-state index contributed by atoms with van der Waals surface area (Å²) in [4.78, 5) is 4.03. The van der Waals surface area contributed by atoms with Crippen molar-refractivity contribution in [1.29, 1.82) is 0 Å². The zero-order valence-corrected chi connectivity index (χ0v) is 10.8. The minimum absolute atomic E-state index is 0.133. The van der Waals surface area contributed by atoms with Crippen LogP contribution in [0.15, 0.2) is 18.3 Å². The Morgan fingerprint density at radius 1 is 1.47 bits per heavy atom. The van der Waals surface area contributed by atoms with Gasteiger partial charge in [-0.15, -0.1) is 0 Å². The van der Waals surface area contributed by atoms with Crippen molar-refractivity contribution in [3.05, 3.63) is 29.8 Å². The predicted octanol–water partition coefficient (Wildman–Crippen LogP) is 1.99. The number of thioether (sulfide) groups is 1. The van der Waals surface area contributed by atoms with Crippen LogP contribution in [0.1, 0.15) is 25.1 Å².